The zero-order valence-electron chi connectivity index (χ0n) is 21.3. The maximum Gasteiger partial charge on any atom is 0.341 e. The van der Waals surface area contributed by atoms with Gasteiger partial charge in [0.1, 0.15) is 18.1 Å². The molecule has 2 aromatic heterocycles. The maximum absolute atomic E-state index is 14.8. The Hall–Kier alpha value is -4.91. The van der Waals surface area contributed by atoms with E-state index in [4.69, 9.17) is 5.26 Å². The number of nitrogens with zero attached hydrogens (tertiary/aromatic N) is 10. The Balaban J connectivity index is 1.30. The fourth-order valence-electron chi connectivity index (χ4n) is 4.93. The summed E-state index contributed by atoms with van der Waals surface area (Å²) in [7, 11) is 0. The number of hydrogen-bond acceptors (Lipinski definition) is 8. The second kappa shape index (κ2) is 10.5. The number of hydrazone groups is 1. The Morgan fingerprint density at radius 1 is 1.13 bits per heavy atom. The number of urea groups is 1. The highest BCUT2D eigenvalue weighted by molar-refractivity contribution is 5.79. The lowest BCUT2D eigenvalue weighted by Crippen LogP contribution is -2.52. The molecular formula is C26H24F2N10O. The summed E-state index contributed by atoms with van der Waals surface area (Å²) in [6, 6.07) is 7.18. The first-order chi connectivity index (χ1) is 18.8. The van der Waals surface area contributed by atoms with Crippen molar-refractivity contribution < 1.29 is 13.6 Å². The van der Waals surface area contributed by atoms with Gasteiger partial charge in [0.05, 0.1) is 35.6 Å². The summed E-state index contributed by atoms with van der Waals surface area (Å²) in [6.45, 7) is 5.05. The molecule has 4 heterocycles. The van der Waals surface area contributed by atoms with Gasteiger partial charge >= 0.3 is 6.03 Å². The molecule has 1 fully saturated rings. The first kappa shape index (κ1) is 25.7. The van der Waals surface area contributed by atoms with Crippen molar-refractivity contribution in [1.82, 2.24) is 29.7 Å². The predicted octanol–water partition coefficient (Wildman–Crippen LogP) is 3.31. The number of carbonyl (C=O) groups excluding carboxylic acids is 1. The van der Waals surface area contributed by atoms with Crippen molar-refractivity contribution in [2.45, 2.75) is 32.9 Å². The number of hydrogen-bond donors (Lipinski definition) is 0. The van der Waals surface area contributed by atoms with Gasteiger partial charge in [-0.2, -0.15) is 20.7 Å². The van der Waals surface area contributed by atoms with Crippen LogP contribution in [0.15, 0.2) is 29.5 Å². The van der Waals surface area contributed by atoms with Crippen molar-refractivity contribution in [1.29, 1.82) is 10.5 Å². The molecule has 11 nitrogen and oxygen atoms in total. The standard InChI is InChI=1S/C26H24F2N10O/c1-16-23(17(2)37(34-16)6-4-29)24-21(28)15-31-25(33-24)35-7-9-36(10-8-35)26(39)38-22(3-5-32-38)19-11-18(14-30)12-20(27)13-19/h5,11-13,15,22H,3,6-10H2,1-2H3. The van der Waals surface area contributed by atoms with E-state index in [9.17, 15) is 18.8 Å². The molecule has 2 aliphatic rings. The zero-order chi connectivity index (χ0) is 27.7. The van der Waals surface area contributed by atoms with Crippen LogP contribution in [0.4, 0.5) is 19.5 Å². The number of aryl methyl sites for hydroxylation is 1. The third-order valence-electron chi connectivity index (χ3n) is 6.86. The predicted molar refractivity (Wildman–Crippen MR) is 136 cm³/mol. The molecular weight excluding hydrogens is 506 g/mol. The number of nitriles is 2. The Morgan fingerprint density at radius 2 is 1.90 bits per heavy atom. The van der Waals surface area contributed by atoms with E-state index in [-0.39, 0.29) is 23.8 Å². The van der Waals surface area contributed by atoms with Gasteiger partial charge in [-0.15, -0.1) is 0 Å². The molecule has 1 aromatic carbocycles. The van der Waals surface area contributed by atoms with Crippen LogP contribution in [-0.2, 0) is 6.54 Å². The van der Waals surface area contributed by atoms with Gasteiger partial charge in [-0.05, 0) is 37.6 Å². The van der Waals surface area contributed by atoms with Crippen LogP contribution in [0, 0.1) is 48.1 Å². The molecule has 1 unspecified atom stereocenters. The van der Waals surface area contributed by atoms with Crippen LogP contribution in [0.5, 0.6) is 0 Å². The van der Waals surface area contributed by atoms with Crippen LogP contribution in [-0.4, -0.2) is 68.1 Å². The average Bonchev–Trinajstić information content (AvgIpc) is 3.53. The molecule has 13 heteroatoms. The molecule has 39 heavy (non-hydrogen) atoms. The number of piperazine rings is 1. The van der Waals surface area contributed by atoms with Crippen molar-refractivity contribution in [3.8, 4) is 23.4 Å². The van der Waals surface area contributed by atoms with Crippen molar-refractivity contribution in [2.24, 2.45) is 5.10 Å². The molecule has 2 aliphatic heterocycles. The quantitative estimate of drug-likeness (QED) is 0.506. The summed E-state index contributed by atoms with van der Waals surface area (Å²) in [4.78, 5) is 25.5. The normalized spacial score (nSPS) is 16.9. The van der Waals surface area contributed by atoms with E-state index in [1.54, 1.807) is 31.0 Å². The van der Waals surface area contributed by atoms with Crippen molar-refractivity contribution in [2.75, 3.05) is 31.1 Å². The Morgan fingerprint density at radius 3 is 2.62 bits per heavy atom. The number of benzene rings is 1. The summed E-state index contributed by atoms with van der Waals surface area (Å²) in [5.74, 6) is -0.810. The van der Waals surface area contributed by atoms with Gasteiger partial charge in [-0.25, -0.2) is 28.6 Å². The Labute approximate surface area is 223 Å². The van der Waals surface area contributed by atoms with E-state index in [2.05, 4.69) is 20.2 Å². The van der Waals surface area contributed by atoms with E-state index < -0.39 is 17.7 Å². The second-order valence-electron chi connectivity index (χ2n) is 9.26. The summed E-state index contributed by atoms with van der Waals surface area (Å²) in [6.07, 6.45) is 3.14. The minimum atomic E-state index is -0.592. The van der Waals surface area contributed by atoms with Gasteiger partial charge < -0.3 is 9.80 Å². The molecule has 0 aliphatic carbocycles. The summed E-state index contributed by atoms with van der Waals surface area (Å²) >= 11 is 0. The van der Waals surface area contributed by atoms with Crippen LogP contribution >= 0.6 is 0 Å². The van der Waals surface area contributed by atoms with Crippen molar-refractivity contribution in [3.63, 3.8) is 0 Å². The minimum Gasteiger partial charge on any atom is -0.337 e. The monoisotopic (exact) mass is 530 g/mol. The zero-order valence-corrected chi connectivity index (χ0v) is 21.3. The number of carbonyl (C=O) groups is 1. The molecule has 0 saturated carbocycles. The molecule has 0 bridgehead atoms. The van der Waals surface area contributed by atoms with Gasteiger partial charge in [0.25, 0.3) is 0 Å². The van der Waals surface area contributed by atoms with Gasteiger partial charge in [-0.3, -0.25) is 4.68 Å². The lowest BCUT2D eigenvalue weighted by atomic mass is 10.0. The maximum atomic E-state index is 14.8. The fraction of sp³-hybridized carbons (Fsp3) is 0.346. The van der Waals surface area contributed by atoms with Gasteiger partial charge in [-0.1, -0.05) is 0 Å². The number of amides is 2. The van der Waals surface area contributed by atoms with E-state index in [1.807, 2.05) is 17.0 Å². The molecule has 3 aromatic rings. The number of rotatable bonds is 4. The smallest absolute Gasteiger partial charge is 0.337 e. The third-order valence-corrected chi connectivity index (χ3v) is 6.86. The molecule has 0 N–H and O–H groups in total. The molecule has 5 rings (SSSR count). The number of halogens is 2. The van der Waals surface area contributed by atoms with Crippen LogP contribution in [0.3, 0.4) is 0 Å². The Bertz CT molecular complexity index is 1550. The van der Waals surface area contributed by atoms with Crippen LogP contribution in [0.1, 0.15) is 35.0 Å². The van der Waals surface area contributed by atoms with Gasteiger partial charge in [0.15, 0.2) is 5.82 Å². The van der Waals surface area contributed by atoms with Crippen LogP contribution < -0.4 is 4.90 Å². The average molecular weight is 531 g/mol. The van der Waals surface area contributed by atoms with E-state index in [0.29, 0.717) is 61.1 Å². The molecule has 198 valence electrons. The van der Waals surface area contributed by atoms with Crippen LogP contribution in [0.25, 0.3) is 11.3 Å². The molecule has 1 saturated heterocycles. The lowest BCUT2D eigenvalue weighted by Gasteiger charge is -2.37. The molecule has 0 spiro atoms. The molecule has 0 radical (unpaired) electrons. The number of anilines is 1. The first-order valence-corrected chi connectivity index (χ1v) is 12.3. The number of aromatic nitrogens is 4. The second-order valence-corrected chi connectivity index (χ2v) is 9.26. The highest BCUT2D eigenvalue weighted by Gasteiger charge is 2.34. The topological polar surface area (TPSA) is 130 Å². The molecule has 2 amide bonds. The van der Waals surface area contributed by atoms with E-state index in [1.165, 1.54) is 15.8 Å². The summed E-state index contributed by atoms with van der Waals surface area (Å²) in [5, 5.41) is 28.1. The largest absolute Gasteiger partial charge is 0.341 e. The van der Waals surface area contributed by atoms with Gasteiger partial charge in [0, 0.05) is 50.1 Å². The van der Waals surface area contributed by atoms with E-state index in [0.717, 1.165) is 12.3 Å². The SMILES string of the molecule is Cc1nn(CC#N)c(C)c1-c1nc(N2CCN(C(=O)N3N=CCC3c3cc(F)cc(C#N)c3)CC2)ncc1F. The van der Waals surface area contributed by atoms with E-state index >= 15 is 0 Å². The first-order valence-electron chi connectivity index (χ1n) is 12.3. The third kappa shape index (κ3) is 4.86. The minimum absolute atomic E-state index is 0.0445. The Kier molecular flexibility index (Phi) is 6.90. The molecule has 1 atom stereocenters. The summed E-state index contributed by atoms with van der Waals surface area (Å²) < 4.78 is 30.4. The van der Waals surface area contributed by atoms with Crippen molar-refractivity contribution >= 4 is 18.2 Å². The van der Waals surface area contributed by atoms with Gasteiger partial charge in [0.2, 0.25) is 5.95 Å². The highest BCUT2D eigenvalue weighted by atomic mass is 19.1. The lowest BCUT2D eigenvalue weighted by molar-refractivity contribution is 0.139. The highest BCUT2D eigenvalue weighted by Crippen LogP contribution is 2.32. The van der Waals surface area contributed by atoms with Crippen molar-refractivity contribution in [3.05, 3.63) is 58.5 Å². The summed E-state index contributed by atoms with van der Waals surface area (Å²) in [5.41, 5.74) is 2.51. The fourth-order valence-corrected chi connectivity index (χ4v) is 4.93. The van der Waals surface area contributed by atoms with Crippen LogP contribution in [0.2, 0.25) is 0 Å².